The van der Waals surface area contributed by atoms with Crippen molar-refractivity contribution >= 4 is 11.8 Å². The molecule has 1 heterocycles. The van der Waals surface area contributed by atoms with E-state index < -0.39 is 17.3 Å². The molecule has 2 amide bonds. The largest absolute Gasteiger partial charge is 0.352 e. The Bertz CT molecular complexity index is 613. The molecular weight excluding hydrogens is 320 g/mol. The zero-order valence-corrected chi connectivity index (χ0v) is 15.6. The summed E-state index contributed by atoms with van der Waals surface area (Å²) in [5, 5.41) is 5.74. The van der Waals surface area contributed by atoms with Gasteiger partial charge in [-0.05, 0) is 32.9 Å². The maximum absolute atomic E-state index is 12.6. The van der Waals surface area contributed by atoms with Gasteiger partial charge in [-0.1, -0.05) is 32.0 Å². The number of hydrogen-bond donors (Lipinski definition) is 2. The van der Waals surface area contributed by atoms with Crippen molar-refractivity contribution in [3.63, 3.8) is 0 Å². The van der Waals surface area contributed by atoms with Gasteiger partial charge in [0.15, 0.2) is 5.79 Å². The average molecular weight is 348 g/mol. The van der Waals surface area contributed by atoms with E-state index in [1.807, 2.05) is 39.0 Å². The van der Waals surface area contributed by atoms with E-state index in [2.05, 4.69) is 10.6 Å². The van der Waals surface area contributed by atoms with Crippen molar-refractivity contribution in [2.24, 2.45) is 5.41 Å². The van der Waals surface area contributed by atoms with Gasteiger partial charge in [0.2, 0.25) is 5.91 Å². The Kier molecular flexibility index (Phi) is 5.85. The van der Waals surface area contributed by atoms with Gasteiger partial charge in [-0.25, -0.2) is 0 Å². The lowest BCUT2D eigenvalue weighted by Gasteiger charge is -2.44. The number of nitrogens with one attached hydrogen (secondary N) is 2. The summed E-state index contributed by atoms with van der Waals surface area (Å²) in [5.41, 5.74) is 0.173. The van der Waals surface area contributed by atoms with Crippen molar-refractivity contribution in [1.29, 1.82) is 0 Å². The van der Waals surface area contributed by atoms with Gasteiger partial charge in [-0.2, -0.15) is 0 Å². The van der Waals surface area contributed by atoms with E-state index in [4.69, 9.17) is 9.47 Å². The predicted molar refractivity (Wildman–Crippen MR) is 95.1 cm³/mol. The maximum Gasteiger partial charge on any atom is 0.251 e. The Morgan fingerprint density at radius 2 is 1.84 bits per heavy atom. The topological polar surface area (TPSA) is 76.7 Å². The van der Waals surface area contributed by atoms with E-state index in [9.17, 15) is 9.59 Å². The third kappa shape index (κ3) is 5.28. The van der Waals surface area contributed by atoms with Gasteiger partial charge in [0.05, 0.1) is 6.61 Å². The Hall–Kier alpha value is -1.92. The molecule has 0 aliphatic carbocycles. The van der Waals surface area contributed by atoms with Crippen LogP contribution in [0.25, 0.3) is 0 Å². The molecule has 0 radical (unpaired) electrons. The van der Waals surface area contributed by atoms with Crippen LogP contribution < -0.4 is 10.6 Å². The Balaban J connectivity index is 1.87. The van der Waals surface area contributed by atoms with Crippen molar-refractivity contribution in [3.8, 4) is 0 Å². The fourth-order valence-electron chi connectivity index (χ4n) is 2.62. The lowest BCUT2D eigenvalue weighted by molar-refractivity contribution is -0.304. The molecule has 0 aromatic heterocycles. The summed E-state index contributed by atoms with van der Waals surface area (Å²) in [5.74, 6) is -1.14. The van der Waals surface area contributed by atoms with Gasteiger partial charge in [-0.15, -0.1) is 0 Å². The first kappa shape index (κ1) is 19.4. The number of benzene rings is 1. The van der Waals surface area contributed by atoms with Crippen LogP contribution in [0, 0.1) is 5.41 Å². The summed E-state index contributed by atoms with van der Waals surface area (Å²) < 4.78 is 11.4. The average Bonchev–Trinajstić information content (AvgIpc) is 2.56. The van der Waals surface area contributed by atoms with E-state index in [-0.39, 0.29) is 17.9 Å². The van der Waals surface area contributed by atoms with Crippen LogP contribution in [-0.4, -0.2) is 42.9 Å². The highest BCUT2D eigenvalue weighted by Crippen LogP contribution is 2.34. The summed E-state index contributed by atoms with van der Waals surface area (Å²) in [6, 6.07) is 8.79. The van der Waals surface area contributed by atoms with E-state index in [1.54, 1.807) is 26.0 Å². The number of carbonyl (C=O) groups is 2. The second kappa shape index (κ2) is 7.54. The standard InChI is InChI=1S/C19H28N2O4/c1-13(21-16(22)14-9-7-6-8-10-14)11-20-17(23)15-18(2,3)12-24-19(4,5)25-15/h6-10,13,15H,11-12H2,1-5H3,(H,20,23)(H,21,22)/t13-,15-/m0/s1. The molecule has 0 unspecified atom stereocenters. The van der Waals surface area contributed by atoms with Crippen LogP contribution in [0.1, 0.15) is 45.0 Å². The first-order valence-corrected chi connectivity index (χ1v) is 8.56. The fourth-order valence-corrected chi connectivity index (χ4v) is 2.62. The van der Waals surface area contributed by atoms with Gasteiger partial charge >= 0.3 is 0 Å². The molecule has 6 heteroatoms. The minimum absolute atomic E-state index is 0.161. The Morgan fingerprint density at radius 1 is 1.20 bits per heavy atom. The molecule has 2 atom stereocenters. The number of hydrogen-bond acceptors (Lipinski definition) is 4. The molecule has 1 aliphatic rings. The highest BCUT2D eigenvalue weighted by Gasteiger charge is 2.45. The molecule has 2 rings (SSSR count). The zero-order chi connectivity index (χ0) is 18.7. The van der Waals surface area contributed by atoms with Crippen molar-refractivity contribution in [1.82, 2.24) is 10.6 Å². The van der Waals surface area contributed by atoms with Crippen LogP contribution in [-0.2, 0) is 14.3 Å². The number of amides is 2. The van der Waals surface area contributed by atoms with Crippen LogP contribution in [0.2, 0.25) is 0 Å². The van der Waals surface area contributed by atoms with E-state index in [0.29, 0.717) is 18.7 Å². The Morgan fingerprint density at radius 3 is 2.48 bits per heavy atom. The third-order valence-electron chi connectivity index (χ3n) is 4.14. The molecule has 0 spiro atoms. The van der Waals surface area contributed by atoms with E-state index in [1.165, 1.54) is 0 Å². The van der Waals surface area contributed by atoms with Gasteiger partial charge in [0.1, 0.15) is 6.10 Å². The van der Waals surface area contributed by atoms with Crippen LogP contribution in [0.15, 0.2) is 30.3 Å². The molecule has 138 valence electrons. The molecular formula is C19H28N2O4. The second-order valence-corrected chi connectivity index (χ2v) is 7.66. The first-order chi connectivity index (χ1) is 11.6. The second-order valence-electron chi connectivity index (χ2n) is 7.66. The summed E-state index contributed by atoms with van der Waals surface area (Å²) in [6.07, 6.45) is -0.603. The lowest BCUT2D eigenvalue weighted by atomic mass is 9.85. The van der Waals surface area contributed by atoms with Crippen molar-refractivity contribution in [2.75, 3.05) is 13.2 Å². The smallest absolute Gasteiger partial charge is 0.251 e. The summed E-state index contributed by atoms with van der Waals surface area (Å²) >= 11 is 0. The first-order valence-electron chi connectivity index (χ1n) is 8.56. The lowest BCUT2D eigenvalue weighted by Crippen LogP contribution is -2.57. The number of rotatable bonds is 5. The zero-order valence-electron chi connectivity index (χ0n) is 15.6. The molecule has 1 saturated heterocycles. The highest BCUT2D eigenvalue weighted by molar-refractivity contribution is 5.94. The minimum Gasteiger partial charge on any atom is -0.352 e. The molecule has 1 aromatic rings. The minimum atomic E-state index is -0.787. The summed E-state index contributed by atoms with van der Waals surface area (Å²) in [4.78, 5) is 24.7. The number of carbonyl (C=O) groups excluding carboxylic acids is 2. The number of ether oxygens (including phenoxy) is 2. The van der Waals surface area contributed by atoms with Crippen LogP contribution >= 0.6 is 0 Å². The monoisotopic (exact) mass is 348 g/mol. The van der Waals surface area contributed by atoms with Gasteiger partial charge < -0.3 is 20.1 Å². The maximum atomic E-state index is 12.6. The molecule has 1 aromatic carbocycles. The van der Waals surface area contributed by atoms with Crippen molar-refractivity contribution in [2.45, 2.75) is 52.6 Å². The highest BCUT2D eigenvalue weighted by atomic mass is 16.7. The van der Waals surface area contributed by atoms with Gasteiger partial charge in [0, 0.05) is 23.6 Å². The third-order valence-corrected chi connectivity index (χ3v) is 4.14. The normalized spacial score (nSPS) is 22.7. The van der Waals surface area contributed by atoms with Crippen molar-refractivity contribution < 1.29 is 19.1 Å². The molecule has 0 saturated carbocycles. The van der Waals surface area contributed by atoms with Gasteiger partial charge in [-0.3, -0.25) is 9.59 Å². The van der Waals surface area contributed by atoms with Crippen molar-refractivity contribution in [3.05, 3.63) is 35.9 Å². The Labute approximate surface area is 149 Å². The summed E-state index contributed by atoms with van der Waals surface area (Å²) in [7, 11) is 0. The van der Waals surface area contributed by atoms with Crippen LogP contribution in [0.4, 0.5) is 0 Å². The predicted octanol–water partition coefficient (Wildman–Crippen LogP) is 2.10. The van der Waals surface area contributed by atoms with Gasteiger partial charge in [0.25, 0.3) is 5.91 Å². The van der Waals surface area contributed by atoms with Crippen LogP contribution in [0.3, 0.4) is 0 Å². The summed E-state index contributed by atoms with van der Waals surface area (Å²) in [6.45, 7) is 10.1. The quantitative estimate of drug-likeness (QED) is 0.854. The van der Waals surface area contributed by atoms with E-state index >= 15 is 0 Å². The van der Waals surface area contributed by atoms with E-state index in [0.717, 1.165) is 0 Å². The molecule has 0 bridgehead atoms. The SMILES string of the molecule is C[C@@H](CNC(=O)[C@@H]1OC(C)(C)OCC1(C)C)NC(=O)c1ccccc1. The molecule has 6 nitrogen and oxygen atoms in total. The molecule has 1 aliphatic heterocycles. The van der Waals surface area contributed by atoms with Crippen LogP contribution in [0.5, 0.6) is 0 Å². The molecule has 1 fully saturated rings. The molecule has 2 N–H and O–H groups in total. The fraction of sp³-hybridized carbons (Fsp3) is 0.579. The molecule has 25 heavy (non-hydrogen) atoms.